The molecule has 0 spiro atoms. The van der Waals surface area contributed by atoms with E-state index < -0.39 is 0 Å². The monoisotopic (exact) mass is 366 g/mol. The van der Waals surface area contributed by atoms with Crippen LogP contribution in [-0.2, 0) is 24.2 Å². The van der Waals surface area contributed by atoms with Crippen molar-refractivity contribution in [2.75, 3.05) is 26.7 Å². The summed E-state index contributed by atoms with van der Waals surface area (Å²) in [4.78, 5) is 14.6. The molecule has 2 aromatic rings. The van der Waals surface area contributed by atoms with Crippen molar-refractivity contribution in [1.82, 2.24) is 10.2 Å². The summed E-state index contributed by atoms with van der Waals surface area (Å²) in [6.07, 6.45) is 3.42. The van der Waals surface area contributed by atoms with E-state index in [4.69, 9.17) is 4.74 Å². The number of carbonyl (C=O) groups excluding carboxylic acids is 1. The van der Waals surface area contributed by atoms with E-state index in [1.54, 1.807) is 7.11 Å². The normalized spacial score (nSPS) is 13.9. The van der Waals surface area contributed by atoms with Crippen LogP contribution >= 0.6 is 0 Å². The van der Waals surface area contributed by atoms with E-state index in [9.17, 15) is 4.79 Å². The second-order valence-electron chi connectivity index (χ2n) is 7.30. The SMILES string of the molecule is COc1ccc(CCC(=O)NCCCN2CCc3ccccc3C2)cc1C. The zero-order valence-corrected chi connectivity index (χ0v) is 16.5. The molecule has 1 aliphatic heterocycles. The highest BCUT2D eigenvalue weighted by Crippen LogP contribution is 2.19. The van der Waals surface area contributed by atoms with E-state index in [0.717, 1.165) is 56.8 Å². The van der Waals surface area contributed by atoms with Gasteiger partial charge in [0.2, 0.25) is 5.91 Å². The summed E-state index contributed by atoms with van der Waals surface area (Å²) in [5.74, 6) is 1.02. The Morgan fingerprint density at radius 2 is 2.00 bits per heavy atom. The Morgan fingerprint density at radius 3 is 2.78 bits per heavy atom. The predicted molar refractivity (Wildman–Crippen MR) is 109 cm³/mol. The van der Waals surface area contributed by atoms with Crippen LogP contribution in [0.4, 0.5) is 0 Å². The molecule has 0 saturated carbocycles. The van der Waals surface area contributed by atoms with E-state index in [2.05, 4.69) is 40.5 Å². The van der Waals surface area contributed by atoms with Crippen LogP contribution in [0, 0.1) is 6.92 Å². The maximum Gasteiger partial charge on any atom is 0.220 e. The number of hydrogen-bond donors (Lipinski definition) is 1. The lowest BCUT2D eigenvalue weighted by molar-refractivity contribution is -0.121. The van der Waals surface area contributed by atoms with Crippen LogP contribution < -0.4 is 10.1 Å². The fraction of sp³-hybridized carbons (Fsp3) is 0.435. The molecule has 0 saturated heterocycles. The van der Waals surface area contributed by atoms with Crippen molar-refractivity contribution in [3.05, 3.63) is 64.7 Å². The lowest BCUT2D eigenvalue weighted by Gasteiger charge is -2.28. The van der Waals surface area contributed by atoms with E-state index in [1.165, 1.54) is 16.7 Å². The summed E-state index contributed by atoms with van der Waals surface area (Å²) in [6, 6.07) is 14.8. The molecular weight excluding hydrogens is 336 g/mol. The van der Waals surface area contributed by atoms with Gasteiger partial charge in [-0.25, -0.2) is 0 Å². The summed E-state index contributed by atoms with van der Waals surface area (Å²) in [5, 5.41) is 3.06. The molecule has 27 heavy (non-hydrogen) atoms. The smallest absolute Gasteiger partial charge is 0.220 e. The third kappa shape index (κ3) is 5.57. The zero-order chi connectivity index (χ0) is 19.1. The van der Waals surface area contributed by atoms with Crippen molar-refractivity contribution in [3.63, 3.8) is 0 Å². The first kappa shape index (κ1) is 19.4. The van der Waals surface area contributed by atoms with Crippen LogP contribution in [0.2, 0.25) is 0 Å². The van der Waals surface area contributed by atoms with E-state index in [1.807, 2.05) is 19.1 Å². The Bertz CT molecular complexity index is 773. The summed E-state index contributed by atoms with van der Waals surface area (Å²) in [5.41, 5.74) is 5.22. The number of rotatable bonds is 8. The molecule has 0 atom stereocenters. The van der Waals surface area contributed by atoms with Gasteiger partial charge in [0.15, 0.2) is 0 Å². The molecule has 0 aliphatic carbocycles. The molecule has 0 fully saturated rings. The van der Waals surface area contributed by atoms with Gasteiger partial charge in [0, 0.05) is 32.6 Å². The minimum absolute atomic E-state index is 0.132. The average molecular weight is 367 g/mol. The molecule has 1 aliphatic rings. The molecule has 0 bridgehead atoms. The Hall–Kier alpha value is -2.33. The Balaban J connectivity index is 1.33. The first-order valence-electron chi connectivity index (χ1n) is 9.85. The first-order valence-corrected chi connectivity index (χ1v) is 9.85. The number of fused-ring (bicyclic) bond motifs is 1. The van der Waals surface area contributed by atoms with Crippen LogP contribution in [0.25, 0.3) is 0 Å². The molecule has 4 heteroatoms. The average Bonchev–Trinajstić information content (AvgIpc) is 2.69. The molecular formula is C23H30N2O2. The third-order valence-corrected chi connectivity index (χ3v) is 5.28. The molecule has 1 heterocycles. The molecule has 4 nitrogen and oxygen atoms in total. The number of ether oxygens (including phenoxy) is 1. The van der Waals surface area contributed by atoms with E-state index >= 15 is 0 Å². The van der Waals surface area contributed by atoms with Crippen LogP contribution in [0.5, 0.6) is 5.75 Å². The number of amides is 1. The fourth-order valence-corrected chi connectivity index (χ4v) is 3.72. The van der Waals surface area contributed by atoms with Gasteiger partial charge in [-0.3, -0.25) is 9.69 Å². The Morgan fingerprint density at radius 1 is 1.19 bits per heavy atom. The largest absolute Gasteiger partial charge is 0.496 e. The highest BCUT2D eigenvalue weighted by Gasteiger charge is 2.14. The minimum Gasteiger partial charge on any atom is -0.496 e. The highest BCUT2D eigenvalue weighted by molar-refractivity contribution is 5.76. The zero-order valence-electron chi connectivity index (χ0n) is 16.5. The number of carbonyl (C=O) groups is 1. The van der Waals surface area contributed by atoms with Crippen LogP contribution in [-0.4, -0.2) is 37.6 Å². The number of methoxy groups -OCH3 is 1. The predicted octanol–water partition coefficient (Wildman–Crippen LogP) is 3.50. The highest BCUT2D eigenvalue weighted by atomic mass is 16.5. The maximum atomic E-state index is 12.1. The standard InChI is InChI=1S/C23H30N2O2/c1-18-16-19(8-10-22(18)27-2)9-11-23(26)24-13-5-14-25-15-12-20-6-3-4-7-21(20)17-25/h3-4,6-8,10,16H,5,9,11-15,17H2,1-2H3,(H,24,26). The minimum atomic E-state index is 0.132. The van der Waals surface area contributed by atoms with E-state index in [-0.39, 0.29) is 5.91 Å². The molecule has 0 unspecified atom stereocenters. The van der Waals surface area contributed by atoms with Gasteiger partial charge in [-0.2, -0.15) is 0 Å². The number of nitrogens with one attached hydrogen (secondary N) is 1. The van der Waals surface area contributed by atoms with Gasteiger partial charge >= 0.3 is 0 Å². The molecule has 2 aromatic carbocycles. The lowest BCUT2D eigenvalue weighted by atomic mass is 10.00. The van der Waals surface area contributed by atoms with Crippen molar-refractivity contribution in [2.45, 2.75) is 39.2 Å². The first-order chi connectivity index (χ1) is 13.2. The van der Waals surface area contributed by atoms with Gasteiger partial charge in [-0.15, -0.1) is 0 Å². The van der Waals surface area contributed by atoms with Crippen molar-refractivity contribution in [2.24, 2.45) is 0 Å². The number of nitrogens with zero attached hydrogens (tertiary/aromatic N) is 1. The van der Waals surface area contributed by atoms with Gasteiger partial charge in [0.05, 0.1) is 7.11 Å². The molecule has 3 rings (SSSR count). The van der Waals surface area contributed by atoms with Gasteiger partial charge in [0.1, 0.15) is 5.75 Å². The number of hydrogen-bond acceptors (Lipinski definition) is 3. The van der Waals surface area contributed by atoms with Gasteiger partial charge < -0.3 is 10.1 Å². The summed E-state index contributed by atoms with van der Waals surface area (Å²) >= 11 is 0. The lowest BCUT2D eigenvalue weighted by Crippen LogP contribution is -2.33. The molecule has 144 valence electrons. The second-order valence-corrected chi connectivity index (χ2v) is 7.30. The van der Waals surface area contributed by atoms with Crippen molar-refractivity contribution < 1.29 is 9.53 Å². The molecule has 0 radical (unpaired) electrons. The van der Waals surface area contributed by atoms with Crippen molar-refractivity contribution in [3.8, 4) is 5.75 Å². The van der Waals surface area contributed by atoms with Crippen LogP contribution in [0.15, 0.2) is 42.5 Å². The summed E-state index contributed by atoms with van der Waals surface area (Å²) < 4.78 is 5.28. The second kappa shape index (κ2) is 9.56. The molecule has 0 aromatic heterocycles. The van der Waals surface area contributed by atoms with Gasteiger partial charge in [-0.1, -0.05) is 36.4 Å². The number of benzene rings is 2. The van der Waals surface area contributed by atoms with Gasteiger partial charge in [0.25, 0.3) is 0 Å². The quantitative estimate of drug-likeness (QED) is 0.727. The van der Waals surface area contributed by atoms with Crippen molar-refractivity contribution in [1.29, 1.82) is 0 Å². The third-order valence-electron chi connectivity index (χ3n) is 5.28. The van der Waals surface area contributed by atoms with Crippen LogP contribution in [0.3, 0.4) is 0 Å². The Kier molecular flexibility index (Phi) is 6.88. The molecule has 1 N–H and O–H groups in total. The molecule has 1 amide bonds. The van der Waals surface area contributed by atoms with E-state index in [0.29, 0.717) is 6.42 Å². The van der Waals surface area contributed by atoms with Gasteiger partial charge in [-0.05, 0) is 54.5 Å². The Labute approximate surface area is 162 Å². The summed E-state index contributed by atoms with van der Waals surface area (Å²) in [7, 11) is 1.68. The maximum absolute atomic E-state index is 12.1. The van der Waals surface area contributed by atoms with Crippen molar-refractivity contribution >= 4 is 5.91 Å². The summed E-state index contributed by atoms with van der Waals surface area (Å²) in [6.45, 7) is 5.95. The topological polar surface area (TPSA) is 41.6 Å². The number of aryl methyl sites for hydroxylation is 2. The van der Waals surface area contributed by atoms with Crippen LogP contribution in [0.1, 0.15) is 35.1 Å². The fourth-order valence-electron chi connectivity index (χ4n) is 3.72.